The molecule has 2 rings (SSSR count). The summed E-state index contributed by atoms with van der Waals surface area (Å²) in [4.78, 5) is 12.1. The molecule has 0 fully saturated rings. The molecule has 0 bridgehead atoms. The van der Waals surface area contributed by atoms with Crippen molar-refractivity contribution in [1.29, 1.82) is 0 Å². The smallest absolute Gasteiger partial charge is 0.255 e. The molecule has 2 aromatic rings. The van der Waals surface area contributed by atoms with Gasteiger partial charge < -0.3 is 5.32 Å². The predicted molar refractivity (Wildman–Crippen MR) is 83.6 cm³/mol. The minimum Gasteiger partial charge on any atom is -0.319 e. The number of benzene rings is 2. The minimum absolute atomic E-state index is 0.292. The average molecular weight is 379 g/mol. The molecule has 0 aliphatic heterocycles. The van der Waals surface area contributed by atoms with E-state index in [1.807, 2.05) is 6.07 Å². The first-order valence-corrected chi connectivity index (χ1v) is 7.11. The third-order valence-electron chi connectivity index (χ3n) is 2.33. The molecular weight excluding hydrogens is 372 g/mol. The Hall–Kier alpha value is -0.740. The zero-order chi connectivity index (χ0) is 14.0. The fourth-order valence-corrected chi connectivity index (χ4v) is 2.79. The monoisotopic (exact) mass is 377 g/mol. The van der Waals surface area contributed by atoms with Crippen molar-refractivity contribution < 1.29 is 4.79 Å². The number of rotatable bonds is 2. The van der Waals surface area contributed by atoms with E-state index < -0.39 is 0 Å². The molecule has 0 heterocycles. The molecule has 19 heavy (non-hydrogen) atoms. The van der Waals surface area contributed by atoms with Crippen molar-refractivity contribution in [3.05, 3.63) is 61.5 Å². The van der Waals surface area contributed by atoms with Gasteiger partial charge in [0.1, 0.15) is 0 Å². The summed E-state index contributed by atoms with van der Waals surface area (Å²) in [7, 11) is 0. The van der Waals surface area contributed by atoms with Crippen LogP contribution in [0.25, 0.3) is 0 Å². The molecule has 98 valence electrons. The van der Waals surface area contributed by atoms with Gasteiger partial charge in [0.2, 0.25) is 0 Å². The highest BCUT2D eigenvalue weighted by Crippen LogP contribution is 2.34. The van der Waals surface area contributed by atoms with E-state index in [4.69, 9.17) is 34.8 Å². The third kappa shape index (κ3) is 3.63. The van der Waals surface area contributed by atoms with E-state index in [1.54, 1.807) is 18.2 Å². The second-order valence-electron chi connectivity index (χ2n) is 3.71. The summed E-state index contributed by atoms with van der Waals surface area (Å²) in [5, 5.41) is 3.66. The van der Waals surface area contributed by atoms with Gasteiger partial charge in [-0.05, 0) is 30.3 Å². The van der Waals surface area contributed by atoms with Crippen molar-refractivity contribution in [3.8, 4) is 0 Å². The van der Waals surface area contributed by atoms with Crippen LogP contribution in [0.3, 0.4) is 0 Å². The topological polar surface area (TPSA) is 29.1 Å². The van der Waals surface area contributed by atoms with Crippen molar-refractivity contribution in [3.63, 3.8) is 0 Å². The standard InChI is InChI=1S/C13H7BrCl3NO/c14-8-3-1-2-7(4-8)13(19)18-12-10(16)5-9(15)6-11(12)17/h1-6H,(H,18,19). The number of carbonyl (C=O) groups is 1. The molecule has 6 heteroatoms. The van der Waals surface area contributed by atoms with Gasteiger partial charge >= 0.3 is 0 Å². The van der Waals surface area contributed by atoms with E-state index in [1.165, 1.54) is 12.1 Å². The maximum atomic E-state index is 12.1. The Kier molecular flexibility index (Phi) is 4.74. The summed E-state index contributed by atoms with van der Waals surface area (Å²) in [6, 6.07) is 10.0. The number of amides is 1. The molecule has 0 aromatic heterocycles. The first-order valence-electron chi connectivity index (χ1n) is 5.19. The molecule has 0 spiro atoms. The van der Waals surface area contributed by atoms with Crippen molar-refractivity contribution >= 4 is 62.3 Å². The SMILES string of the molecule is O=C(Nc1c(Cl)cc(Cl)cc1Cl)c1cccc(Br)c1. The Morgan fingerprint density at radius 3 is 2.26 bits per heavy atom. The van der Waals surface area contributed by atoms with Crippen LogP contribution in [0.4, 0.5) is 5.69 Å². The maximum Gasteiger partial charge on any atom is 0.255 e. The quantitative estimate of drug-likeness (QED) is 0.716. The summed E-state index contributed by atoms with van der Waals surface area (Å²) in [5.74, 6) is -0.299. The predicted octanol–water partition coefficient (Wildman–Crippen LogP) is 5.66. The van der Waals surface area contributed by atoms with Crippen molar-refractivity contribution in [2.75, 3.05) is 5.32 Å². The number of halogens is 4. The van der Waals surface area contributed by atoms with Gasteiger partial charge in [0, 0.05) is 15.1 Å². The van der Waals surface area contributed by atoms with Gasteiger partial charge in [-0.3, -0.25) is 4.79 Å². The summed E-state index contributed by atoms with van der Waals surface area (Å²) >= 11 is 21.1. The van der Waals surface area contributed by atoms with Crippen molar-refractivity contribution in [1.82, 2.24) is 0 Å². The van der Waals surface area contributed by atoms with E-state index in [9.17, 15) is 4.79 Å². The molecule has 1 N–H and O–H groups in total. The summed E-state index contributed by atoms with van der Waals surface area (Å²) in [5.41, 5.74) is 0.842. The van der Waals surface area contributed by atoms with E-state index in [-0.39, 0.29) is 5.91 Å². The fraction of sp³-hybridized carbons (Fsp3) is 0. The lowest BCUT2D eigenvalue weighted by Crippen LogP contribution is -2.12. The van der Waals surface area contributed by atoms with Crippen LogP contribution in [0.1, 0.15) is 10.4 Å². The molecule has 0 unspecified atom stereocenters. The Morgan fingerprint density at radius 2 is 1.68 bits per heavy atom. The molecule has 0 aliphatic carbocycles. The Balaban J connectivity index is 2.29. The van der Waals surface area contributed by atoms with Gasteiger partial charge in [0.05, 0.1) is 15.7 Å². The Bertz CT molecular complexity index is 623. The lowest BCUT2D eigenvalue weighted by atomic mass is 10.2. The van der Waals surface area contributed by atoms with Gasteiger partial charge in [-0.2, -0.15) is 0 Å². The molecule has 0 aliphatic rings. The number of carbonyl (C=O) groups excluding carboxylic acids is 1. The normalized spacial score (nSPS) is 10.3. The zero-order valence-electron chi connectivity index (χ0n) is 9.38. The van der Waals surface area contributed by atoms with Crippen molar-refractivity contribution in [2.24, 2.45) is 0 Å². The number of hydrogen-bond donors (Lipinski definition) is 1. The molecule has 0 radical (unpaired) electrons. The fourth-order valence-electron chi connectivity index (χ4n) is 1.48. The van der Waals surface area contributed by atoms with E-state index in [0.717, 1.165) is 4.47 Å². The second kappa shape index (κ2) is 6.14. The maximum absolute atomic E-state index is 12.1. The molecular formula is C13H7BrCl3NO. The Morgan fingerprint density at radius 1 is 1.05 bits per heavy atom. The van der Waals surface area contributed by atoms with Crippen LogP contribution in [0.15, 0.2) is 40.9 Å². The van der Waals surface area contributed by atoms with E-state index in [2.05, 4.69) is 21.2 Å². The lowest BCUT2D eigenvalue weighted by Gasteiger charge is -2.10. The highest BCUT2D eigenvalue weighted by atomic mass is 79.9. The third-order valence-corrected chi connectivity index (χ3v) is 3.64. The van der Waals surface area contributed by atoms with Crippen LogP contribution >= 0.6 is 50.7 Å². The van der Waals surface area contributed by atoms with E-state index in [0.29, 0.717) is 26.3 Å². The van der Waals surface area contributed by atoms with Crippen LogP contribution in [0.5, 0.6) is 0 Å². The zero-order valence-corrected chi connectivity index (χ0v) is 13.2. The molecule has 0 atom stereocenters. The number of nitrogens with one attached hydrogen (secondary N) is 1. The highest BCUT2D eigenvalue weighted by molar-refractivity contribution is 9.10. The van der Waals surface area contributed by atoms with Crippen LogP contribution in [0, 0.1) is 0 Å². The Labute approximate surface area is 133 Å². The highest BCUT2D eigenvalue weighted by Gasteiger charge is 2.12. The second-order valence-corrected chi connectivity index (χ2v) is 5.88. The first-order chi connectivity index (χ1) is 8.97. The van der Waals surface area contributed by atoms with Crippen LogP contribution in [-0.4, -0.2) is 5.91 Å². The first kappa shape index (κ1) is 14.7. The van der Waals surface area contributed by atoms with Gasteiger partial charge in [-0.15, -0.1) is 0 Å². The van der Waals surface area contributed by atoms with Gasteiger partial charge in [0.15, 0.2) is 0 Å². The molecule has 0 saturated heterocycles. The summed E-state index contributed by atoms with van der Waals surface area (Å²) in [6.07, 6.45) is 0. The van der Waals surface area contributed by atoms with Crippen LogP contribution in [0.2, 0.25) is 15.1 Å². The molecule has 0 saturated carbocycles. The summed E-state index contributed by atoms with van der Waals surface area (Å²) < 4.78 is 0.813. The number of anilines is 1. The molecule has 1 amide bonds. The van der Waals surface area contributed by atoms with Gasteiger partial charge in [-0.25, -0.2) is 0 Å². The van der Waals surface area contributed by atoms with Crippen molar-refractivity contribution in [2.45, 2.75) is 0 Å². The average Bonchev–Trinajstić information content (AvgIpc) is 2.33. The molecule has 2 nitrogen and oxygen atoms in total. The summed E-state index contributed by atoms with van der Waals surface area (Å²) in [6.45, 7) is 0. The number of hydrogen-bond acceptors (Lipinski definition) is 1. The minimum atomic E-state index is -0.299. The lowest BCUT2D eigenvalue weighted by molar-refractivity contribution is 0.102. The van der Waals surface area contributed by atoms with Gasteiger partial charge in [0.25, 0.3) is 5.91 Å². The van der Waals surface area contributed by atoms with Crippen LogP contribution < -0.4 is 5.32 Å². The van der Waals surface area contributed by atoms with E-state index >= 15 is 0 Å². The van der Waals surface area contributed by atoms with Crippen LogP contribution in [-0.2, 0) is 0 Å². The largest absolute Gasteiger partial charge is 0.319 e. The van der Waals surface area contributed by atoms with Gasteiger partial charge in [-0.1, -0.05) is 56.8 Å². The molecule has 2 aromatic carbocycles.